The molecule has 0 aliphatic rings. The van der Waals surface area contributed by atoms with E-state index >= 15 is 0 Å². The number of rotatable bonds is 15. The molecule has 0 bridgehead atoms. The maximum absolute atomic E-state index is 5.24. The second-order valence-corrected chi connectivity index (χ2v) is 35.4. The largest absolute Gasteiger partial charge is 0.208 e. The highest BCUT2D eigenvalue weighted by Crippen LogP contribution is 2.50. The molecule has 8 heteroatoms. The number of aromatic nitrogens is 6. The molecule has 0 aliphatic heterocycles. The summed E-state index contributed by atoms with van der Waals surface area (Å²) in [5.41, 5.74) is 26.7. The number of nitrogens with zero attached hydrogens (tertiary/aromatic N) is 6. The SMILES string of the molecule is c1ccc(-c2ccccc2-c2nc(-c3ccc(-c4ccc(-c5ccc(-c6cccc7sc8ccccc8c67)c6ccccc56)c5ccccc45)cc3)nc(-c3ccccc3-c3ccccc3)n2)cc1.c1ccc(-c2nc(-c3ccc(-c4ccc(-c5ccc(-c6cccc7sc8ccccc8c67)c6ccccc56)c5ccccc45)cc3)nc(-c3ccccc3-c3ccccc3)n2)cc1. The van der Waals surface area contributed by atoms with E-state index in [1.807, 2.05) is 77.3 Å². The van der Waals surface area contributed by atoms with Crippen LogP contribution >= 0.6 is 22.7 Å². The minimum Gasteiger partial charge on any atom is -0.208 e. The van der Waals surface area contributed by atoms with Crippen molar-refractivity contribution in [1.82, 2.24) is 29.9 Å². The first-order valence-electron chi connectivity index (χ1n) is 44.6. The van der Waals surface area contributed by atoms with E-state index in [2.05, 4.69) is 419 Å². The lowest BCUT2D eigenvalue weighted by atomic mass is 9.87. The van der Waals surface area contributed by atoms with Gasteiger partial charge in [0.25, 0.3) is 0 Å². The van der Waals surface area contributed by atoms with Gasteiger partial charge in [-0.05, 0) is 167 Å². The fourth-order valence-corrected chi connectivity index (χ4v) is 21.7. The Bertz CT molecular complexity index is 8650. The topological polar surface area (TPSA) is 77.3 Å². The Morgan fingerprint density at radius 3 is 0.606 bits per heavy atom. The van der Waals surface area contributed by atoms with Gasteiger partial charge in [-0.15, -0.1) is 22.7 Å². The van der Waals surface area contributed by atoms with Crippen LogP contribution in [-0.4, -0.2) is 29.9 Å². The number of thiophene rings is 2. The minimum absolute atomic E-state index is 0.617. The van der Waals surface area contributed by atoms with E-state index < -0.39 is 0 Å². The summed E-state index contributed by atoms with van der Waals surface area (Å²) in [6, 6.07) is 169. The van der Waals surface area contributed by atoms with E-state index in [9.17, 15) is 0 Å². The third-order valence-electron chi connectivity index (χ3n) is 25.6. The van der Waals surface area contributed by atoms with Gasteiger partial charge in [0.2, 0.25) is 0 Å². The van der Waals surface area contributed by atoms with Crippen molar-refractivity contribution < 1.29 is 0 Å². The molecule has 21 aromatic carbocycles. The molecule has 0 saturated carbocycles. The van der Waals surface area contributed by atoms with Crippen LogP contribution in [0.2, 0.25) is 0 Å². The molecule has 616 valence electrons. The first-order chi connectivity index (χ1) is 65.5. The molecule has 25 rings (SSSR count). The summed E-state index contributed by atoms with van der Waals surface area (Å²) >= 11 is 3.73. The van der Waals surface area contributed by atoms with Crippen molar-refractivity contribution in [2.24, 2.45) is 0 Å². The lowest BCUT2D eigenvalue weighted by Gasteiger charge is -2.16. The van der Waals surface area contributed by atoms with Gasteiger partial charge in [-0.2, -0.15) is 0 Å². The van der Waals surface area contributed by atoms with Crippen molar-refractivity contribution in [2.45, 2.75) is 0 Å². The molecule has 132 heavy (non-hydrogen) atoms. The van der Waals surface area contributed by atoms with Crippen LogP contribution in [0.4, 0.5) is 0 Å². The van der Waals surface area contributed by atoms with Gasteiger partial charge in [-0.1, -0.05) is 449 Å². The summed E-state index contributed by atoms with van der Waals surface area (Å²) in [7, 11) is 0. The zero-order chi connectivity index (χ0) is 87.4. The van der Waals surface area contributed by atoms with Crippen LogP contribution in [0.25, 0.3) is 252 Å². The molecular weight excluding hydrogens is 1640 g/mol. The van der Waals surface area contributed by atoms with Crippen LogP contribution in [0.1, 0.15) is 0 Å². The minimum atomic E-state index is 0.617. The summed E-state index contributed by atoms with van der Waals surface area (Å²) in [5.74, 6) is 3.78. The standard InChI is InChI=1S/C65H41N3S.C59H37N3S/c1-3-18-42(19-4-1)46-22-7-13-28-57(46)64-66-63(67-65(68-64)58-29-14-8-23-47(58)43-20-5-2-6-21-43)45-36-34-44(35-37-45)48-38-39-53(50-25-10-9-24-49(48)50)54-40-41-55(52-27-12-11-26-51(52)54)56-31-17-33-61-62(56)59-30-15-16-32-60(59)69-61;1-3-16-38(17-4-1)42-20-7-12-25-52(42)59-61-57(40-18-5-2-6-19-40)60-58(62-59)41-32-30-39(31-33-41)43-34-35-48(45-22-9-8-21-44(43)45)49-36-37-50(47-24-11-10-23-46(47)49)51-27-15-29-55-56(51)53-26-13-14-28-54(53)63-55/h1-41H;1-37H. The van der Waals surface area contributed by atoms with Gasteiger partial charge < -0.3 is 0 Å². The van der Waals surface area contributed by atoms with Crippen molar-refractivity contribution in [3.05, 3.63) is 473 Å². The summed E-state index contributed by atoms with van der Waals surface area (Å²) in [6.45, 7) is 0. The lowest BCUT2D eigenvalue weighted by molar-refractivity contribution is 1.07. The van der Waals surface area contributed by atoms with Gasteiger partial charge in [0.1, 0.15) is 0 Å². The number of fused-ring (bicyclic) bond motifs is 10. The van der Waals surface area contributed by atoms with Crippen LogP contribution in [0, 0.1) is 0 Å². The third kappa shape index (κ3) is 14.4. The molecule has 0 atom stereocenters. The van der Waals surface area contributed by atoms with Gasteiger partial charge in [-0.3, -0.25) is 0 Å². The number of hydrogen-bond donors (Lipinski definition) is 0. The Morgan fingerprint density at radius 1 is 0.106 bits per heavy atom. The Labute approximate surface area is 771 Å². The first kappa shape index (κ1) is 78.6. The normalized spacial score (nSPS) is 11.5. The predicted molar refractivity (Wildman–Crippen MR) is 557 cm³/mol. The summed E-state index contributed by atoms with van der Waals surface area (Å²) in [6.07, 6.45) is 0. The molecule has 25 aromatic rings. The van der Waals surface area contributed by atoms with Crippen LogP contribution in [-0.2, 0) is 0 Å². The molecular formula is C124H78N6S2. The van der Waals surface area contributed by atoms with Crippen molar-refractivity contribution in [3.63, 3.8) is 0 Å². The summed E-state index contributed by atoms with van der Waals surface area (Å²) < 4.78 is 5.27. The van der Waals surface area contributed by atoms with Gasteiger partial charge in [0.15, 0.2) is 34.9 Å². The molecule has 0 saturated heterocycles. The van der Waals surface area contributed by atoms with Crippen LogP contribution in [0.15, 0.2) is 473 Å². The third-order valence-corrected chi connectivity index (χ3v) is 27.9. The molecule has 0 radical (unpaired) electrons. The molecule has 0 fully saturated rings. The highest BCUT2D eigenvalue weighted by Gasteiger charge is 2.25. The van der Waals surface area contributed by atoms with Gasteiger partial charge in [0.05, 0.1) is 0 Å². The quantitative estimate of drug-likeness (QED) is 0.102. The molecule has 4 heterocycles. The van der Waals surface area contributed by atoms with Gasteiger partial charge >= 0.3 is 0 Å². The average Bonchev–Trinajstić information content (AvgIpc) is 0.920. The second kappa shape index (κ2) is 34.0. The fraction of sp³-hybridized carbons (Fsp3) is 0. The maximum atomic E-state index is 5.24. The van der Waals surface area contributed by atoms with Crippen LogP contribution in [0.3, 0.4) is 0 Å². The van der Waals surface area contributed by atoms with Gasteiger partial charge in [-0.25, -0.2) is 29.9 Å². The highest BCUT2D eigenvalue weighted by atomic mass is 32.1. The first-order valence-corrected chi connectivity index (χ1v) is 46.2. The zero-order valence-corrected chi connectivity index (χ0v) is 73.2. The number of benzene rings is 21. The summed E-state index contributed by atoms with van der Waals surface area (Å²) in [5, 5.41) is 15.1. The molecule has 0 N–H and O–H groups in total. The van der Waals surface area contributed by atoms with E-state index in [1.165, 1.54) is 139 Å². The molecule has 0 amide bonds. The summed E-state index contributed by atoms with van der Waals surface area (Å²) in [4.78, 5) is 31.0. The van der Waals surface area contributed by atoms with Crippen molar-refractivity contribution >= 4 is 106 Å². The molecule has 6 nitrogen and oxygen atoms in total. The van der Waals surface area contributed by atoms with Crippen LogP contribution < -0.4 is 0 Å². The molecule has 0 spiro atoms. The van der Waals surface area contributed by atoms with Gasteiger partial charge in [0, 0.05) is 73.7 Å². The molecule has 0 unspecified atom stereocenters. The highest BCUT2D eigenvalue weighted by molar-refractivity contribution is 7.26. The Morgan fingerprint density at radius 2 is 0.295 bits per heavy atom. The van der Waals surface area contributed by atoms with E-state index in [1.54, 1.807) is 0 Å². The average molecular weight is 1720 g/mol. The van der Waals surface area contributed by atoms with E-state index in [4.69, 9.17) is 29.9 Å². The zero-order valence-electron chi connectivity index (χ0n) is 71.5. The van der Waals surface area contributed by atoms with Crippen molar-refractivity contribution in [1.29, 1.82) is 0 Å². The fourth-order valence-electron chi connectivity index (χ4n) is 19.4. The smallest absolute Gasteiger partial charge is 0.164 e. The monoisotopic (exact) mass is 1710 g/mol. The Balaban J connectivity index is 0.000000146. The number of hydrogen-bond acceptors (Lipinski definition) is 8. The predicted octanol–water partition coefficient (Wildman–Crippen LogP) is 34.1. The lowest BCUT2D eigenvalue weighted by Crippen LogP contribution is -2.02. The Kier molecular flexibility index (Phi) is 20.3. The van der Waals surface area contributed by atoms with E-state index in [0.717, 1.165) is 77.9 Å². The second-order valence-electron chi connectivity index (χ2n) is 33.2. The molecule has 4 aromatic heterocycles. The van der Waals surface area contributed by atoms with Crippen LogP contribution in [0.5, 0.6) is 0 Å². The van der Waals surface area contributed by atoms with E-state index in [-0.39, 0.29) is 0 Å². The van der Waals surface area contributed by atoms with Crippen molar-refractivity contribution in [2.75, 3.05) is 0 Å². The maximum Gasteiger partial charge on any atom is 0.164 e. The Hall–Kier alpha value is -16.9. The molecule has 0 aliphatic carbocycles. The van der Waals surface area contributed by atoms with E-state index in [0.29, 0.717) is 34.9 Å². The van der Waals surface area contributed by atoms with Crippen molar-refractivity contribution in [3.8, 4) is 168 Å².